The van der Waals surface area contributed by atoms with Crippen molar-refractivity contribution in [2.24, 2.45) is 0 Å². The van der Waals surface area contributed by atoms with Gasteiger partial charge in [-0.3, -0.25) is 0 Å². The van der Waals surface area contributed by atoms with Gasteiger partial charge < -0.3 is 25.5 Å². The molecule has 0 heterocycles. The van der Waals surface area contributed by atoms with Crippen LogP contribution in [-0.2, 0) is 0 Å². The second-order valence-electron chi connectivity index (χ2n) is 7.33. The van der Waals surface area contributed by atoms with E-state index >= 15 is 0 Å². The first-order valence-electron chi connectivity index (χ1n) is 8.93. The van der Waals surface area contributed by atoms with Crippen LogP contribution in [0.3, 0.4) is 0 Å². The topological polar surface area (TPSA) is 101 Å². The SMILES string of the molecule is Cc1cc(-c2c(C)c(O)c(O)c(O)c2-c2cc(C)c(O)cc2C)c(C)cc1O. The summed E-state index contributed by atoms with van der Waals surface area (Å²) in [5, 5.41) is 51.5. The van der Waals surface area contributed by atoms with E-state index in [-0.39, 0.29) is 11.5 Å². The fourth-order valence-electron chi connectivity index (χ4n) is 3.57. The minimum Gasteiger partial charge on any atom is -0.508 e. The summed E-state index contributed by atoms with van der Waals surface area (Å²) in [6.45, 7) is 8.80. The van der Waals surface area contributed by atoms with Crippen LogP contribution in [0.1, 0.15) is 27.8 Å². The Balaban J connectivity index is 2.52. The summed E-state index contributed by atoms with van der Waals surface area (Å²) in [7, 11) is 0. The van der Waals surface area contributed by atoms with Crippen LogP contribution in [0.25, 0.3) is 22.3 Å². The van der Waals surface area contributed by atoms with Crippen LogP contribution in [0.4, 0.5) is 0 Å². The van der Waals surface area contributed by atoms with Gasteiger partial charge in [0.05, 0.1) is 0 Å². The Morgan fingerprint density at radius 3 is 1.36 bits per heavy atom. The van der Waals surface area contributed by atoms with Crippen molar-refractivity contribution < 1.29 is 25.5 Å². The van der Waals surface area contributed by atoms with E-state index in [4.69, 9.17) is 0 Å². The molecule has 5 heteroatoms. The van der Waals surface area contributed by atoms with Crippen LogP contribution in [-0.4, -0.2) is 25.5 Å². The second kappa shape index (κ2) is 6.68. The van der Waals surface area contributed by atoms with Gasteiger partial charge in [0.2, 0.25) is 5.75 Å². The van der Waals surface area contributed by atoms with Crippen molar-refractivity contribution in [3.8, 4) is 51.0 Å². The Kier molecular flexibility index (Phi) is 4.63. The molecule has 0 bridgehead atoms. The predicted octanol–water partition coefficient (Wildman–Crippen LogP) is 5.09. The number of phenolic OH excluding ortho intramolecular Hbond substituents is 5. The summed E-state index contributed by atoms with van der Waals surface area (Å²) in [6, 6.07) is 6.75. The number of hydrogen-bond donors (Lipinski definition) is 5. The first kappa shape index (κ1) is 19.4. The Hall–Kier alpha value is -3.34. The van der Waals surface area contributed by atoms with E-state index in [1.807, 2.05) is 6.92 Å². The number of aryl methyl sites for hydroxylation is 4. The van der Waals surface area contributed by atoms with Crippen LogP contribution in [0.2, 0.25) is 0 Å². The Morgan fingerprint density at radius 1 is 0.464 bits per heavy atom. The molecule has 0 fully saturated rings. The highest BCUT2D eigenvalue weighted by Gasteiger charge is 2.26. The highest BCUT2D eigenvalue weighted by atomic mass is 16.3. The maximum Gasteiger partial charge on any atom is 0.201 e. The minimum absolute atomic E-state index is 0.138. The van der Waals surface area contributed by atoms with Crippen LogP contribution >= 0.6 is 0 Å². The molecule has 5 nitrogen and oxygen atoms in total. The van der Waals surface area contributed by atoms with Gasteiger partial charge in [0.1, 0.15) is 11.5 Å². The van der Waals surface area contributed by atoms with Crippen LogP contribution in [0.5, 0.6) is 28.7 Å². The summed E-state index contributed by atoms with van der Waals surface area (Å²) in [6.07, 6.45) is 0. The summed E-state index contributed by atoms with van der Waals surface area (Å²) in [5.41, 5.74) is 5.41. The molecule has 0 radical (unpaired) electrons. The maximum absolute atomic E-state index is 10.8. The Labute approximate surface area is 163 Å². The fraction of sp³-hybridized carbons (Fsp3) is 0.217. The normalized spacial score (nSPS) is 11.0. The fourth-order valence-corrected chi connectivity index (χ4v) is 3.57. The number of phenols is 5. The molecule has 0 unspecified atom stereocenters. The number of benzene rings is 3. The van der Waals surface area contributed by atoms with Crippen molar-refractivity contribution in [1.82, 2.24) is 0 Å². The maximum atomic E-state index is 10.8. The van der Waals surface area contributed by atoms with Crippen molar-refractivity contribution in [3.63, 3.8) is 0 Å². The van der Waals surface area contributed by atoms with E-state index in [1.54, 1.807) is 52.0 Å². The molecule has 0 aliphatic rings. The van der Waals surface area contributed by atoms with Crippen molar-refractivity contribution in [2.45, 2.75) is 34.6 Å². The molecule has 3 aromatic rings. The van der Waals surface area contributed by atoms with Gasteiger partial charge in [-0.05, 0) is 92.3 Å². The van der Waals surface area contributed by atoms with Crippen molar-refractivity contribution in [2.75, 3.05) is 0 Å². The van der Waals surface area contributed by atoms with E-state index in [9.17, 15) is 25.5 Å². The molecule has 28 heavy (non-hydrogen) atoms. The summed E-state index contributed by atoms with van der Waals surface area (Å²) >= 11 is 0. The smallest absolute Gasteiger partial charge is 0.201 e. The lowest BCUT2D eigenvalue weighted by Gasteiger charge is -2.21. The second-order valence-corrected chi connectivity index (χ2v) is 7.33. The van der Waals surface area contributed by atoms with Crippen molar-refractivity contribution in [3.05, 3.63) is 52.1 Å². The van der Waals surface area contributed by atoms with Gasteiger partial charge in [0.25, 0.3) is 0 Å². The lowest BCUT2D eigenvalue weighted by Crippen LogP contribution is -1.97. The quantitative estimate of drug-likeness (QED) is 0.399. The minimum atomic E-state index is -0.588. The Morgan fingerprint density at radius 2 is 0.893 bits per heavy atom. The highest BCUT2D eigenvalue weighted by Crippen LogP contribution is 2.53. The van der Waals surface area contributed by atoms with Gasteiger partial charge in [0, 0.05) is 16.7 Å². The van der Waals surface area contributed by atoms with E-state index in [0.717, 1.165) is 11.1 Å². The average molecular weight is 380 g/mol. The van der Waals surface area contributed by atoms with Gasteiger partial charge in [-0.25, -0.2) is 0 Å². The van der Waals surface area contributed by atoms with E-state index in [0.29, 0.717) is 38.9 Å². The lowest BCUT2D eigenvalue weighted by molar-refractivity contribution is 0.367. The zero-order valence-corrected chi connectivity index (χ0v) is 16.5. The van der Waals surface area contributed by atoms with Crippen LogP contribution in [0.15, 0.2) is 24.3 Å². The molecule has 0 aromatic heterocycles. The Bertz CT molecular complexity index is 1020. The monoisotopic (exact) mass is 380 g/mol. The van der Waals surface area contributed by atoms with Gasteiger partial charge >= 0.3 is 0 Å². The van der Waals surface area contributed by atoms with E-state index in [2.05, 4.69) is 0 Å². The predicted molar refractivity (Wildman–Crippen MR) is 109 cm³/mol. The number of rotatable bonds is 2. The third-order valence-corrected chi connectivity index (χ3v) is 5.29. The van der Waals surface area contributed by atoms with Gasteiger partial charge in [-0.2, -0.15) is 0 Å². The zero-order chi connectivity index (χ0) is 20.9. The molecule has 0 saturated heterocycles. The van der Waals surface area contributed by atoms with Gasteiger partial charge in [-0.15, -0.1) is 0 Å². The zero-order valence-electron chi connectivity index (χ0n) is 16.5. The number of hydrogen-bond acceptors (Lipinski definition) is 5. The standard InChI is InChI=1S/C23H24O5/c1-10-8-17(24)12(3)6-15(10)19-14(5)21(26)23(28)22(27)20(19)16-7-13(4)18(25)9-11(16)2/h6-9,24-28H,1-5H3. The molecule has 5 N–H and O–H groups in total. The largest absolute Gasteiger partial charge is 0.508 e. The summed E-state index contributed by atoms with van der Waals surface area (Å²) in [5.74, 6) is -1.12. The van der Waals surface area contributed by atoms with E-state index < -0.39 is 17.2 Å². The third-order valence-electron chi connectivity index (χ3n) is 5.29. The molecule has 0 spiro atoms. The summed E-state index contributed by atoms with van der Waals surface area (Å²) in [4.78, 5) is 0. The summed E-state index contributed by atoms with van der Waals surface area (Å²) < 4.78 is 0. The van der Waals surface area contributed by atoms with Gasteiger partial charge in [-0.1, -0.05) is 0 Å². The lowest BCUT2D eigenvalue weighted by atomic mass is 9.84. The molecule has 146 valence electrons. The molecular formula is C23H24O5. The van der Waals surface area contributed by atoms with Gasteiger partial charge in [0.15, 0.2) is 11.5 Å². The van der Waals surface area contributed by atoms with Crippen LogP contribution in [0, 0.1) is 34.6 Å². The highest BCUT2D eigenvalue weighted by molar-refractivity contribution is 5.95. The molecule has 0 aliphatic carbocycles. The molecule has 0 aliphatic heterocycles. The molecular weight excluding hydrogens is 356 g/mol. The van der Waals surface area contributed by atoms with Crippen LogP contribution < -0.4 is 0 Å². The number of aromatic hydroxyl groups is 5. The van der Waals surface area contributed by atoms with E-state index in [1.165, 1.54) is 0 Å². The molecule has 0 saturated carbocycles. The van der Waals surface area contributed by atoms with Crippen molar-refractivity contribution >= 4 is 0 Å². The molecule has 0 amide bonds. The molecule has 3 rings (SSSR count). The molecule has 0 atom stereocenters. The average Bonchev–Trinajstić information content (AvgIpc) is 2.63. The first-order valence-corrected chi connectivity index (χ1v) is 8.93. The third kappa shape index (κ3) is 2.89. The first-order chi connectivity index (χ1) is 13.0. The van der Waals surface area contributed by atoms with Crippen molar-refractivity contribution in [1.29, 1.82) is 0 Å². The molecule has 3 aromatic carbocycles.